The van der Waals surface area contributed by atoms with Gasteiger partial charge in [0.1, 0.15) is 18.2 Å². The zero-order chi connectivity index (χ0) is 27.8. The number of halogens is 1. The van der Waals surface area contributed by atoms with Crippen LogP contribution >= 0.6 is 0 Å². The number of nitrogens with zero attached hydrogens (tertiary/aromatic N) is 4. The highest BCUT2D eigenvalue weighted by Crippen LogP contribution is 2.25. The minimum Gasteiger partial charge on any atom is -0.330 e. The molecule has 0 unspecified atom stereocenters. The van der Waals surface area contributed by atoms with Gasteiger partial charge in [-0.15, -0.1) is 0 Å². The molecule has 0 bridgehead atoms. The van der Waals surface area contributed by atoms with Gasteiger partial charge in [-0.2, -0.15) is 5.10 Å². The lowest BCUT2D eigenvalue weighted by atomic mass is 10.1. The third-order valence-corrected chi connectivity index (χ3v) is 5.78. The molecule has 0 spiro atoms. The Morgan fingerprint density at radius 2 is 1.74 bits per heavy atom. The molecule has 0 aliphatic rings. The number of amides is 2. The van der Waals surface area contributed by atoms with Gasteiger partial charge in [-0.25, -0.2) is 9.07 Å². The number of nitro benzene ring substituents is 1. The third kappa shape index (κ3) is 7.01. The molecule has 2 amide bonds. The van der Waals surface area contributed by atoms with E-state index < -0.39 is 16.6 Å². The molecular weight excluding hydrogens is 501 g/mol. The minimum atomic E-state index is -0.495. The van der Waals surface area contributed by atoms with Crippen LogP contribution in [0.3, 0.4) is 0 Å². The topological polar surface area (TPSA) is 110 Å². The summed E-state index contributed by atoms with van der Waals surface area (Å²) in [6.07, 6.45) is 3.51. The maximum atomic E-state index is 13.5. The van der Waals surface area contributed by atoms with Gasteiger partial charge in [0.15, 0.2) is 0 Å². The molecule has 1 aromatic heterocycles. The summed E-state index contributed by atoms with van der Waals surface area (Å²) in [7, 11) is 0. The van der Waals surface area contributed by atoms with Crippen molar-refractivity contribution in [2.75, 3.05) is 18.4 Å². The Kier molecular flexibility index (Phi) is 8.57. The van der Waals surface area contributed by atoms with Crippen molar-refractivity contribution in [3.63, 3.8) is 0 Å². The first-order valence-corrected chi connectivity index (χ1v) is 12.3. The Morgan fingerprint density at radius 3 is 2.38 bits per heavy atom. The number of nitrogens with one attached hydrogen (secondary N) is 1. The molecule has 0 aliphatic heterocycles. The van der Waals surface area contributed by atoms with Gasteiger partial charge in [0.2, 0.25) is 11.8 Å². The maximum Gasteiger partial charge on any atom is 0.269 e. The number of benzene rings is 3. The molecule has 39 heavy (non-hydrogen) atoms. The molecule has 4 rings (SSSR count). The predicted octanol–water partition coefficient (Wildman–Crippen LogP) is 5.48. The molecule has 1 N–H and O–H groups in total. The van der Waals surface area contributed by atoms with Gasteiger partial charge < -0.3 is 10.2 Å². The van der Waals surface area contributed by atoms with E-state index in [1.807, 2.05) is 37.3 Å². The van der Waals surface area contributed by atoms with Gasteiger partial charge in [0.25, 0.3) is 5.69 Å². The fourth-order valence-electron chi connectivity index (χ4n) is 3.87. The van der Waals surface area contributed by atoms with Crippen LogP contribution in [0.2, 0.25) is 0 Å². The van der Waals surface area contributed by atoms with Crippen LogP contribution in [-0.4, -0.2) is 44.5 Å². The van der Waals surface area contributed by atoms with Gasteiger partial charge in [0, 0.05) is 36.4 Å². The van der Waals surface area contributed by atoms with Gasteiger partial charge in [-0.1, -0.05) is 37.3 Å². The summed E-state index contributed by atoms with van der Waals surface area (Å²) in [4.78, 5) is 37.7. The lowest BCUT2D eigenvalue weighted by molar-refractivity contribution is -0.384. The third-order valence-electron chi connectivity index (χ3n) is 5.78. The van der Waals surface area contributed by atoms with E-state index in [2.05, 4.69) is 10.4 Å². The van der Waals surface area contributed by atoms with Crippen molar-refractivity contribution >= 4 is 29.4 Å². The second-order valence-electron chi connectivity index (χ2n) is 8.66. The number of carbonyl (C=O) groups is 2. The summed E-state index contributed by atoms with van der Waals surface area (Å²) in [5, 5.41) is 18.3. The van der Waals surface area contributed by atoms with E-state index in [0.29, 0.717) is 35.7 Å². The molecule has 3 aromatic carbocycles. The molecule has 0 saturated heterocycles. The van der Waals surface area contributed by atoms with E-state index >= 15 is 0 Å². The SMILES string of the molecule is CCCN(CC(=O)Nc1cc(-c2ccccc2)nn1-c1ccc(F)cc1)C(=O)/C=C/c1ccc([N+](=O)[O-])cc1. The van der Waals surface area contributed by atoms with Crippen LogP contribution in [0.25, 0.3) is 23.0 Å². The van der Waals surface area contributed by atoms with Crippen LogP contribution in [0.1, 0.15) is 18.9 Å². The molecule has 0 atom stereocenters. The summed E-state index contributed by atoms with van der Waals surface area (Å²) in [5.41, 5.74) is 2.58. The monoisotopic (exact) mass is 527 g/mol. The van der Waals surface area contributed by atoms with Gasteiger partial charge >= 0.3 is 0 Å². The molecule has 1 heterocycles. The number of hydrogen-bond donors (Lipinski definition) is 1. The molecule has 0 radical (unpaired) electrons. The highest BCUT2D eigenvalue weighted by Gasteiger charge is 2.18. The second-order valence-corrected chi connectivity index (χ2v) is 8.66. The van der Waals surface area contributed by atoms with Gasteiger partial charge in [-0.05, 0) is 54.5 Å². The first-order valence-electron chi connectivity index (χ1n) is 12.3. The fourth-order valence-corrected chi connectivity index (χ4v) is 3.87. The number of rotatable bonds is 10. The van der Waals surface area contributed by atoms with E-state index in [0.717, 1.165) is 5.56 Å². The van der Waals surface area contributed by atoms with E-state index in [1.165, 1.54) is 39.9 Å². The van der Waals surface area contributed by atoms with Crippen LogP contribution in [-0.2, 0) is 9.59 Å². The summed E-state index contributed by atoms with van der Waals surface area (Å²) >= 11 is 0. The van der Waals surface area contributed by atoms with Crippen molar-refractivity contribution in [1.82, 2.24) is 14.7 Å². The fraction of sp³-hybridized carbons (Fsp3) is 0.138. The molecule has 198 valence electrons. The Hall–Kier alpha value is -5.12. The van der Waals surface area contributed by atoms with Crippen molar-refractivity contribution in [1.29, 1.82) is 0 Å². The average Bonchev–Trinajstić information content (AvgIpc) is 3.36. The quantitative estimate of drug-likeness (QED) is 0.167. The van der Waals surface area contributed by atoms with E-state index in [9.17, 15) is 24.1 Å². The number of hydrogen-bond acceptors (Lipinski definition) is 5. The van der Waals surface area contributed by atoms with Crippen LogP contribution in [0.5, 0.6) is 0 Å². The highest BCUT2D eigenvalue weighted by molar-refractivity contribution is 5.98. The zero-order valence-corrected chi connectivity index (χ0v) is 21.2. The smallest absolute Gasteiger partial charge is 0.269 e. The molecule has 0 aliphatic carbocycles. The normalized spacial score (nSPS) is 10.9. The molecule has 0 saturated carbocycles. The van der Waals surface area contributed by atoms with Crippen molar-refractivity contribution in [3.8, 4) is 16.9 Å². The average molecular weight is 528 g/mol. The van der Waals surface area contributed by atoms with Crippen molar-refractivity contribution in [2.24, 2.45) is 0 Å². The second kappa shape index (κ2) is 12.4. The van der Waals surface area contributed by atoms with Crippen molar-refractivity contribution < 1.29 is 18.9 Å². The van der Waals surface area contributed by atoms with E-state index in [-0.39, 0.29) is 18.1 Å². The van der Waals surface area contributed by atoms with E-state index in [4.69, 9.17) is 0 Å². The Balaban J connectivity index is 1.51. The van der Waals surface area contributed by atoms with Gasteiger partial charge in [-0.3, -0.25) is 19.7 Å². The zero-order valence-electron chi connectivity index (χ0n) is 21.2. The highest BCUT2D eigenvalue weighted by atomic mass is 19.1. The number of aromatic nitrogens is 2. The van der Waals surface area contributed by atoms with E-state index in [1.54, 1.807) is 36.4 Å². The van der Waals surface area contributed by atoms with Crippen LogP contribution in [0.4, 0.5) is 15.9 Å². The number of anilines is 1. The number of carbonyl (C=O) groups excluding carboxylic acids is 2. The van der Waals surface area contributed by atoms with Crippen LogP contribution in [0.15, 0.2) is 91.0 Å². The van der Waals surface area contributed by atoms with Crippen molar-refractivity contribution in [3.05, 3.63) is 113 Å². The standard InChI is InChI=1S/C29H26FN5O4/c1-2-18-33(29(37)17-10-21-8-13-25(14-9-21)35(38)39)20-28(36)31-27-19-26(22-6-4-3-5-7-22)32-34(27)24-15-11-23(30)12-16-24/h3-17,19H,2,18,20H2,1H3,(H,31,36)/b17-10+. The number of nitro groups is 1. The van der Waals surface area contributed by atoms with Crippen LogP contribution in [0, 0.1) is 15.9 Å². The van der Waals surface area contributed by atoms with Crippen LogP contribution < -0.4 is 5.32 Å². The Labute approximate surface area is 224 Å². The van der Waals surface area contributed by atoms with Crippen molar-refractivity contribution in [2.45, 2.75) is 13.3 Å². The Morgan fingerprint density at radius 1 is 1.05 bits per heavy atom. The maximum absolute atomic E-state index is 13.5. The Bertz CT molecular complexity index is 1480. The lowest BCUT2D eigenvalue weighted by Crippen LogP contribution is -2.37. The summed E-state index contributed by atoms with van der Waals surface area (Å²) in [5.74, 6) is -0.822. The molecular formula is C29H26FN5O4. The first kappa shape index (κ1) is 26.9. The predicted molar refractivity (Wildman–Crippen MR) is 147 cm³/mol. The molecule has 10 heteroatoms. The summed E-state index contributed by atoms with van der Waals surface area (Å²) in [6.45, 7) is 2.05. The summed E-state index contributed by atoms with van der Waals surface area (Å²) < 4.78 is 15.0. The minimum absolute atomic E-state index is 0.0435. The largest absolute Gasteiger partial charge is 0.330 e. The molecule has 4 aromatic rings. The number of non-ortho nitro benzene ring substituents is 1. The summed E-state index contributed by atoms with van der Waals surface area (Å²) in [6, 6.07) is 22.7. The lowest BCUT2D eigenvalue weighted by Gasteiger charge is -2.20. The van der Waals surface area contributed by atoms with Gasteiger partial charge in [0.05, 0.1) is 16.3 Å². The molecule has 0 fully saturated rings. The first-order chi connectivity index (χ1) is 18.8. The molecule has 9 nitrogen and oxygen atoms in total.